The average Bonchev–Trinajstić information content (AvgIpc) is 2.29. The van der Waals surface area contributed by atoms with Crippen LogP contribution in [0.4, 0.5) is 5.82 Å². The van der Waals surface area contributed by atoms with Crippen molar-refractivity contribution in [1.29, 1.82) is 0 Å². The Morgan fingerprint density at radius 3 is 3.06 bits per heavy atom. The van der Waals surface area contributed by atoms with Crippen molar-refractivity contribution in [2.75, 3.05) is 18.0 Å². The van der Waals surface area contributed by atoms with E-state index >= 15 is 0 Å². The van der Waals surface area contributed by atoms with E-state index in [0.29, 0.717) is 0 Å². The lowest BCUT2D eigenvalue weighted by molar-refractivity contribution is 0.503. The Kier molecular flexibility index (Phi) is 3.71. The number of thiol groups is 1. The number of rotatable bonds is 2. The summed E-state index contributed by atoms with van der Waals surface area (Å²) >= 11 is 4.41. The second-order valence-corrected chi connectivity index (χ2v) is 5.22. The van der Waals surface area contributed by atoms with Crippen LogP contribution in [0.3, 0.4) is 0 Å². The Labute approximate surface area is 102 Å². The number of piperidine rings is 1. The maximum atomic E-state index is 5.98. The van der Waals surface area contributed by atoms with E-state index in [4.69, 9.17) is 5.73 Å². The molecule has 0 aromatic carbocycles. The van der Waals surface area contributed by atoms with Gasteiger partial charge in [-0.2, -0.15) is 12.6 Å². The molecule has 1 unspecified atom stereocenters. The van der Waals surface area contributed by atoms with Gasteiger partial charge in [-0.15, -0.1) is 0 Å². The summed E-state index contributed by atoms with van der Waals surface area (Å²) in [7, 11) is 0. The Morgan fingerprint density at radius 2 is 2.38 bits per heavy atom. The summed E-state index contributed by atoms with van der Waals surface area (Å²) < 4.78 is 0. The Hall–Kier alpha value is -0.740. The van der Waals surface area contributed by atoms with Crippen molar-refractivity contribution < 1.29 is 0 Å². The van der Waals surface area contributed by atoms with E-state index in [1.165, 1.54) is 0 Å². The molecule has 1 aliphatic rings. The molecule has 3 nitrogen and oxygen atoms in total. The van der Waals surface area contributed by atoms with Gasteiger partial charge in [-0.1, -0.05) is 6.07 Å². The molecule has 0 spiro atoms. The third-order valence-electron chi connectivity index (χ3n) is 2.97. The van der Waals surface area contributed by atoms with E-state index in [0.717, 1.165) is 37.4 Å². The molecule has 1 aromatic rings. The number of nitrogens with two attached hydrogens (primary N) is 1. The maximum absolute atomic E-state index is 5.98. The summed E-state index contributed by atoms with van der Waals surface area (Å²) in [5.74, 6) is 1.04. The van der Waals surface area contributed by atoms with Crippen LogP contribution in [0, 0.1) is 0 Å². The molecule has 4 heteroatoms. The maximum Gasteiger partial charge on any atom is 0.128 e. The number of hydrogen-bond acceptors (Lipinski definition) is 4. The van der Waals surface area contributed by atoms with Crippen LogP contribution in [-0.2, 0) is 0 Å². The lowest BCUT2D eigenvalue weighted by atomic mass is 10.1. The molecule has 0 saturated carbocycles. The number of nitrogens with zero attached hydrogens (tertiary/aromatic N) is 2. The molecule has 88 valence electrons. The first-order valence-electron chi connectivity index (χ1n) is 5.82. The fraction of sp³-hybridized carbons (Fsp3) is 0.583. The summed E-state index contributed by atoms with van der Waals surface area (Å²) in [5, 5.41) is 0.179. The second kappa shape index (κ2) is 5.06. The van der Waals surface area contributed by atoms with Crippen LogP contribution in [0.15, 0.2) is 18.2 Å². The SMILES string of the molecule is CC(S)c1cccc(N2CCC[C@H](N)C2)n1. The molecule has 0 aliphatic carbocycles. The number of anilines is 1. The lowest BCUT2D eigenvalue weighted by Crippen LogP contribution is -2.43. The van der Waals surface area contributed by atoms with Crippen LogP contribution in [0.5, 0.6) is 0 Å². The van der Waals surface area contributed by atoms with Gasteiger partial charge in [-0.3, -0.25) is 0 Å². The lowest BCUT2D eigenvalue weighted by Gasteiger charge is -2.32. The smallest absolute Gasteiger partial charge is 0.128 e. The van der Waals surface area contributed by atoms with Crippen molar-refractivity contribution in [3.05, 3.63) is 23.9 Å². The van der Waals surface area contributed by atoms with E-state index in [1.807, 2.05) is 19.1 Å². The van der Waals surface area contributed by atoms with E-state index in [-0.39, 0.29) is 11.3 Å². The average molecular weight is 237 g/mol. The predicted molar refractivity (Wildman–Crippen MR) is 71.1 cm³/mol. The van der Waals surface area contributed by atoms with Crippen LogP contribution in [0.1, 0.15) is 30.7 Å². The van der Waals surface area contributed by atoms with Crippen molar-refractivity contribution in [1.82, 2.24) is 4.98 Å². The van der Waals surface area contributed by atoms with Gasteiger partial charge in [-0.25, -0.2) is 4.98 Å². The van der Waals surface area contributed by atoms with Crippen LogP contribution in [-0.4, -0.2) is 24.1 Å². The largest absolute Gasteiger partial charge is 0.355 e. The normalized spacial score (nSPS) is 23.2. The molecule has 1 aliphatic heterocycles. The molecule has 2 N–H and O–H groups in total. The van der Waals surface area contributed by atoms with Crippen molar-refractivity contribution in [2.24, 2.45) is 5.73 Å². The quantitative estimate of drug-likeness (QED) is 0.773. The molecular formula is C12H19N3S. The summed E-state index contributed by atoms with van der Waals surface area (Å²) in [5.41, 5.74) is 7.00. The summed E-state index contributed by atoms with van der Waals surface area (Å²) in [6, 6.07) is 6.40. The highest BCUT2D eigenvalue weighted by molar-refractivity contribution is 7.80. The van der Waals surface area contributed by atoms with Gasteiger partial charge >= 0.3 is 0 Å². The zero-order valence-corrected chi connectivity index (χ0v) is 10.5. The van der Waals surface area contributed by atoms with Crippen LogP contribution in [0.25, 0.3) is 0 Å². The Bertz CT molecular complexity index is 354. The molecule has 2 atom stereocenters. The molecular weight excluding hydrogens is 218 g/mol. The monoisotopic (exact) mass is 237 g/mol. The molecule has 2 rings (SSSR count). The summed E-state index contributed by atoms with van der Waals surface area (Å²) in [4.78, 5) is 6.90. The Morgan fingerprint density at radius 1 is 1.56 bits per heavy atom. The van der Waals surface area contributed by atoms with Gasteiger partial charge in [0, 0.05) is 24.4 Å². The second-order valence-electron chi connectivity index (χ2n) is 4.44. The van der Waals surface area contributed by atoms with Crippen molar-refractivity contribution in [3.8, 4) is 0 Å². The van der Waals surface area contributed by atoms with E-state index in [1.54, 1.807) is 0 Å². The van der Waals surface area contributed by atoms with Crippen LogP contribution in [0.2, 0.25) is 0 Å². The highest BCUT2D eigenvalue weighted by Crippen LogP contribution is 2.22. The van der Waals surface area contributed by atoms with Crippen molar-refractivity contribution in [2.45, 2.75) is 31.1 Å². The molecule has 0 amide bonds. The summed E-state index contributed by atoms with van der Waals surface area (Å²) in [6.07, 6.45) is 2.28. The number of hydrogen-bond donors (Lipinski definition) is 2. The molecule has 16 heavy (non-hydrogen) atoms. The standard InChI is InChI=1S/C12H19N3S/c1-9(16)11-5-2-6-12(14-11)15-7-3-4-10(13)8-15/h2,5-6,9-10,16H,3-4,7-8,13H2,1H3/t9?,10-/m0/s1. The minimum absolute atomic E-state index is 0.179. The van der Waals surface area contributed by atoms with Gasteiger partial charge in [0.2, 0.25) is 0 Å². The molecule has 1 saturated heterocycles. The first-order valence-corrected chi connectivity index (χ1v) is 6.34. The van der Waals surface area contributed by atoms with Gasteiger partial charge in [0.15, 0.2) is 0 Å². The van der Waals surface area contributed by atoms with Crippen molar-refractivity contribution in [3.63, 3.8) is 0 Å². The van der Waals surface area contributed by atoms with Gasteiger partial charge in [0.25, 0.3) is 0 Å². The van der Waals surface area contributed by atoms with Crippen molar-refractivity contribution >= 4 is 18.4 Å². The van der Waals surface area contributed by atoms with Gasteiger partial charge in [-0.05, 0) is 31.9 Å². The third kappa shape index (κ3) is 2.68. The molecule has 1 aromatic heterocycles. The first-order chi connectivity index (χ1) is 7.66. The fourth-order valence-corrected chi connectivity index (χ4v) is 2.21. The molecule has 2 heterocycles. The highest BCUT2D eigenvalue weighted by Gasteiger charge is 2.18. The first kappa shape index (κ1) is 11.7. The zero-order valence-electron chi connectivity index (χ0n) is 9.63. The predicted octanol–water partition coefficient (Wildman–Crippen LogP) is 2.00. The van der Waals surface area contributed by atoms with E-state index in [9.17, 15) is 0 Å². The fourth-order valence-electron chi connectivity index (χ4n) is 2.07. The number of aromatic nitrogens is 1. The third-order valence-corrected chi connectivity index (χ3v) is 3.23. The summed E-state index contributed by atoms with van der Waals surface area (Å²) in [6.45, 7) is 4.01. The molecule has 0 bridgehead atoms. The van der Waals surface area contributed by atoms with E-state index < -0.39 is 0 Å². The van der Waals surface area contributed by atoms with E-state index in [2.05, 4.69) is 28.6 Å². The number of pyridine rings is 1. The van der Waals surface area contributed by atoms with Gasteiger partial charge in [0.05, 0.1) is 5.69 Å². The molecule has 0 radical (unpaired) electrons. The highest BCUT2D eigenvalue weighted by atomic mass is 32.1. The van der Waals surface area contributed by atoms with Crippen LogP contribution < -0.4 is 10.6 Å². The minimum atomic E-state index is 0.179. The molecule has 1 fully saturated rings. The Balaban J connectivity index is 2.16. The van der Waals surface area contributed by atoms with Gasteiger partial charge in [0.1, 0.15) is 5.82 Å². The zero-order chi connectivity index (χ0) is 11.5. The topological polar surface area (TPSA) is 42.1 Å². The van der Waals surface area contributed by atoms with Crippen LogP contribution >= 0.6 is 12.6 Å². The minimum Gasteiger partial charge on any atom is -0.355 e. The van der Waals surface area contributed by atoms with Gasteiger partial charge < -0.3 is 10.6 Å².